The molecule has 0 unspecified atom stereocenters. The van der Waals surface area contributed by atoms with Gasteiger partial charge in [0.05, 0.1) is 0 Å². The van der Waals surface area contributed by atoms with E-state index in [0.29, 0.717) is 5.92 Å². The molecule has 1 aromatic rings. The van der Waals surface area contributed by atoms with Crippen molar-refractivity contribution >= 4 is 11.8 Å². The number of piperidine rings is 1. The van der Waals surface area contributed by atoms with E-state index in [1.165, 1.54) is 0 Å². The molecule has 1 aromatic heterocycles. The lowest BCUT2D eigenvalue weighted by molar-refractivity contribution is -0.148. The number of hydrogen-bond donors (Lipinski definition) is 0. The summed E-state index contributed by atoms with van der Waals surface area (Å²) in [5.41, 5.74) is 0. The first-order valence-electron chi connectivity index (χ1n) is 10.7. The number of amides is 2. The van der Waals surface area contributed by atoms with Gasteiger partial charge in [-0.05, 0) is 38.5 Å². The highest BCUT2D eigenvalue weighted by atomic mass is 16.2. The zero-order chi connectivity index (χ0) is 18.8. The highest BCUT2D eigenvalue weighted by Crippen LogP contribution is 2.35. The molecule has 27 heavy (non-hydrogen) atoms. The Labute approximate surface area is 161 Å². The van der Waals surface area contributed by atoms with E-state index in [1.54, 1.807) is 0 Å². The van der Waals surface area contributed by atoms with Crippen molar-refractivity contribution in [2.45, 2.75) is 57.3 Å². The molecule has 2 amide bonds. The average molecular weight is 373 g/mol. The van der Waals surface area contributed by atoms with Crippen LogP contribution in [0.5, 0.6) is 0 Å². The van der Waals surface area contributed by atoms with Crippen LogP contribution in [-0.2, 0) is 16.6 Å². The number of rotatable bonds is 3. The number of carbonyl (C=O) groups excluding carboxylic acids is 2. The van der Waals surface area contributed by atoms with E-state index < -0.39 is 0 Å². The largest absolute Gasteiger partial charge is 0.342 e. The van der Waals surface area contributed by atoms with Crippen LogP contribution in [0.4, 0.5) is 0 Å². The van der Waals surface area contributed by atoms with Gasteiger partial charge < -0.3 is 14.4 Å². The van der Waals surface area contributed by atoms with Crippen LogP contribution < -0.4 is 0 Å². The second-order valence-corrected chi connectivity index (χ2v) is 8.53. The van der Waals surface area contributed by atoms with Gasteiger partial charge in [-0.1, -0.05) is 12.8 Å². The smallest absolute Gasteiger partial charge is 0.226 e. The Morgan fingerprint density at radius 2 is 1.41 bits per heavy atom. The lowest BCUT2D eigenvalue weighted by Gasteiger charge is -2.38. The molecule has 0 spiro atoms. The molecule has 1 aliphatic carbocycles. The van der Waals surface area contributed by atoms with Crippen molar-refractivity contribution in [2.75, 3.05) is 26.2 Å². The van der Waals surface area contributed by atoms with Gasteiger partial charge in [-0.3, -0.25) is 9.59 Å². The van der Waals surface area contributed by atoms with E-state index in [2.05, 4.69) is 9.55 Å². The second kappa shape index (κ2) is 8.03. The summed E-state index contributed by atoms with van der Waals surface area (Å²) in [4.78, 5) is 34.8. The number of aryl methyl sites for hydroxylation is 1. The van der Waals surface area contributed by atoms with Crippen molar-refractivity contribution in [1.82, 2.24) is 19.4 Å². The molecule has 0 radical (unpaired) electrons. The Balaban J connectivity index is 1.39. The average Bonchev–Trinajstić information content (AvgIpc) is 3.39. The van der Waals surface area contributed by atoms with Crippen molar-refractivity contribution in [3.8, 4) is 0 Å². The minimum absolute atomic E-state index is 0.0865. The number of nitrogens with zero attached hydrogens (tertiary/aromatic N) is 4. The summed E-state index contributed by atoms with van der Waals surface area (Å²) in [6, 6.07) is 0. The molecule has 0 N–H and O–H groups in total. The summed E-state index contributed by atoms with van der Waals surface area (Å²) in [5, 5.41) is 0. The summed E-state index contributed by atoms with van der Waals surface area (Å²) in [7, 11) is 2.04. The Morgan fingerprint density at radius 3 is 1.93 bits per heavy atom. The normalized spacial score (nSPS) is 27.1. The van der Waals surface area contributed by atoms with E-state index in [0.717, 1.165) is 83.4 Å². The van der Waals surface area contributed by atoms with Crippen molar-refractivity contribution in [3.05, 3.63) is 18.2 Å². The molecule has 3 aliphatic rings. The molecule has 148 valence electrons. The molecule has 3 heterocycles. The fraction of sp³-hybridized carbons (Fsp3) is 0.762. The van der Waals surface area contributed by atoms with Gasteiger partial charge in [0.25, 0.3) is 0 Å². The van der Waals surface area contributed by atoms with Gasteiger partial charge in [0.15, 0.2) is 0 Å². The minimum Gasteiger partial charge on any atom is -0.342 e. The molecule has 6 nitrogen and oxygen atoms in total. The number of carbonyl (C=O) groups is 2. The summed E-state index contributed by atoms with van der Waals surface area (Å²) >= 11 is 0. The number of hydrogen-bond acceptors (Lipinski definition) is 3. The molecule has 2 atom stereocenters. The van der Waals surface area contributed by atoms with E-state index in [9.17, 15) is 9.59 Å². The standard InChI is InChI=1S/C21H32N4O2/c1-23-15-10-22-19(23)16-8-13-25(14-9-16)21(27)18-7-3-2-6-17(18)20(26)24-11-4-5-12-24/h10,15-18H,2-9,11-14H2,1H3/t17-,18+/m1/s1. The maximum absolute atomic E-state index is 13.3. The Kier molecular flexibility index (Phi) is 5.50. The summed E-state index contributed by atoms with van der Waals surface area (Å²) in [5.74, 6) is 1.84. The first-order valence-corrected chi connectivity index (χ1v) is 10.7. The van der Waals surface area contributed by atoms with E-state index in [-0.39, 0.29) is 23.7 Å². The van der Waals surface area contributed by atoms with E-state index in [4.69, 9.17) is 0 Å². The van der Waals surface area contributed by atoms with Crippen LogP contribution >= 0.6 is 0 Å². The third-order valence-corrected chi connectivity index (χ3v) is 6.85. The Bertz CT molecular complexity index is 671. The maximum Gasteiger partial charge on any atom is 0.226 e. The fourth-order valence-corrected chi connectivity index (χ4v) is 5.26. The Hall–Kier alpha value is -1.85. The van der Waals surface area contributed by atoms with Crippen LogP contribution in [0.1, 0.15) is 63.1 Å². The van der Waals surface area contributed by atoms with Crippen LogP contribution in [0, 0.1) is 11.8 Å². The van der Waals surface area contributed by atoms with Gasteiger partial charge in [0.1, 0.15) is 5.82 Å². The van der Waals surface area contributed by atoms with Gasteiger partial charge in [0, 0.05) is 63.4 Å². The molecular weight excluding hydrogens is 340 g/mol. The lowest BCUT2D eigenvalue weighted by atomic mass is 9.77. The number of likely N-dealkylation sites (tertiary alicyclic amines) is 2. The topological polar surface area (TPSA) is 58.4 Å². The predicted molar refractivity (Wildman–Crippen MR) is 103 cm³/mol. The molecule has 2 saturated heterocycles. The number of imidazole rings is 1. The predicted octanol–water partition coefficient (Wildman–Crippen LogP) is 2.55. The van der Waals surface area contributed by atoms with Crippen LogP contribution in [0.15, 0.2) is 12.4 Å². The number of aromatic nitrogens is 2. The van der Waals surface area contributed by atoms with Crippen LogP contribution in [-0.4, -0.2) is 57.3 Å². The molecule has 1 saturated carbocycles. The molecular formula is C21H32N4O2. The van der Waals surface area contributed by atoms with Gasteiger partial charge >= 0.3 is 0 Å². The first-order chi connectivity index (χ1) is 13.1. The fourth-order valence-electron chi connectivity index (χ4n) is 5.26. The monoisotopic (exact) mass is 372 g/mol. The van der Waals surface area contributed by atoms with Crippen LogP contribution in [0.25, 0.3) is 0 Å². The zero-order valence-corrected chi connectivity index (χ0v) is 16.5. The first kappa shape index (κ1) is 18.5. The SMILES string of the molecule is Cn1ccnc1C1CCN(C(=O)[C@H]2CCCC[C@H]2C(=O)N2CCCC2)CC1. The second-order valence-electron chi connectivity index (χ2n) is 8.53. The molecule has 3 fully saturated rings. The lowest BCUT2D eigenvalue weighted by Crippen LogP contribution is -2.48. The van der Waals surface area contributed by atoms with E-state index >= 15 is 0 Å². The van der Waals surface area contributed by atoms with Gasteiger partial charge in [0.2, 0.25) is 11.8 Å². The molecule has 4 rings (SSSR count). The molecule has 6 heteroatoms. The van der Waals surface area contributed by atoms with Crippen molar-refractivity contribution in [2.24, 2.45) is 18.9 Å². The van der Waals surface area contributed by atoms with E-state index in [1.807, 2.05) is 29.2 Å². The van der Waals surface area contributed by atoms with Crippen LogP contribution in [0.2, 0.25) is 0 Å². The van der Waals surface area contributed by atoms with Gasteiger partial charge in [-0.25, -0.2) is 4.98 Å². The third-order valence-electron chi connectivity index (χ3n) is 6.85. The van der Waals surface area contributed by atoms with Crippen molar-refractivity contribution in [3.63, 3.8) is 0 Å². The van der Waals surface area contributed by atoms with Crippen LogP contribution in [0.3, 0.4) is 0 Å². The third kappa shape index (κ3) is 3.76. The molecule has 0 aromatic carbocycles. The Morgan fingerprint density at radius 1 is 0.852 bits per heavy atom. The summed E-state index contributed by atoms with van der Waals surface area (Å²) in [6.07, 6.45) is 11.9. The van der Waals surface area contributed by atoms with Crippen molar-refractivity contribution in [1.29, 1.82) is 0 Å². The zero-order valence-electron chi connectivity index (χ0n) is 16.5. The van der Waals surface area contributed by atoms with Gasteiger partial charge in [-0.2, -0.15) is 0 Å². The summed E-state index contributed by atoms with van der Waals surface area (Å²) < 4.78 is 2.09. The highest BCUT2D eigenvalue weighted by Gasteiger charge is 2.40. The molecule has 2 aliphatic heterocycles. The quantitative estimate of drug-likeness (QED) is 0.819. The maximum atomic E-state index is 13.3. The highest BCUT2D eigenvalue weighted by molar-refractivity contribution is 5.88. The van der Waals surface area contributed by atoms with Gasteiger partial charge in [-0.15, -0.1) is 0 Å². The van der Waals surface area contributed by atoms with Crippen molar-refractivity contribution < 1.29 is 9.59 Å². The summed E-state index contributed by atoms with van der Waals surface area (Å²) in [6.45, 7) is 3.34. The molecule has 0 bridgehead atoms. The minimum atomic E-state index is -0.100.